The SMILES string of the molecule is C=CS(C=C)(CC)c1ccc(C(C)(C)C)cc1. The summed E-state index contributed by atoms with van der Waals surface area (Å²) >= 11 is 0. The van der Waals surface area contributed by atoms with Crippen LogP contribution < -0.4 is 0 Å². The summed E-state index contributed by atoms with van der Waals surface area (Å²) < 4.78 is 0. The van der Waals surface area contributed by atoms with Gasteiger partial charge in [-0.2, -0.15) is 10.0 Å². The van der Waals surface area contributed by atoms with Crippen LogP contribution >= 0.6 is 10.0 Å². The fourth-order valence-electron chi connectivity index (χ4n) is 1.87. The van der Waals surface area contributed by atoms with Crippen LogP contribution in [0.1, 0.15) is 33.3 Å². The zero-order chi connectivity index (χ0) is 13.1. The molecule has 0 aromatic heterocycles. The second-order valence-corrected chi connectivity index (χ2v) is 8.66. The minimum atomic E-state index is -1.02. The van der Waals surface area contributed by atoms with Crippen molar-refractivity contribution in [3.05, 3.63) is 53.8 Å². The minimum absolute atomic E-state index is 0.213. The third-order valence-electron chi connectivity index (χ3n) is 3.23. The molecule has 0 bridgehead atoms. The Morgan fingerprint density at radius 2 is 1.53 bits per heavy atom. The lowest BCUT2D eigenvalue weighted by molar-refractivity contribution is 0.589. The zero-order valence-electron chi connectivity index (χ0n) is 11.5. The van der Waals surface area contributed by atoms with Crippen molar-refractivity contribution in [2.75, 3.05) is 5.75 Å². The molecule has 0 amide bonds. The van der Waals surface area contributed by atoms with Gasteiger partial charge in [0.25, 0.3) is 0 Å². The van der Waals surface area contributed by atoms with Gasteiger partial charge >= 0.3 is 0 Å². The highest BCUT2D eigenvalue weighted by Gasteiger charge is 2.18. The van der Waals surface area contributed by atoms with Gasteiger partial charge in [0.05, 0.1) is 0 Å². The topological polar surface area (TPSA) is 0 Å². The van der Waals surface area contributed by atoms with E-state index in [-0.39, 0.29) is 5.41 Å². The van der Waals surface area contributed by atoms with Crippen molar-refractivity contribution < 1.29 is 0 Å². The van der Waals surface area contributed by atoms with Crippen molar-refractivity contribution >= 4 is 10.0 Å². The fraction of sp³-hybridized carbons (Fsp3) is 0.375. The van der Waals surface area contributed by atoms with E-state index in [0.717, 1.165) is 5.75 Å². The van der Waals surface area contributed by atoms with Gasteiger partial charge in [-0.1, -0.05) is 53.0 Å². The summed E-state index contributed by atoms with van der Waals surface area (Å²) in [4.78, 5) is 1.36. The molecular formula is C16H24S. The Hall–Kier alpha value is -0.950. The highest BCUT2D eigenvalue weighted by Crippen LogP contribution is 2.57. The van der Waals surface area contributed by atoms with Crippen LogP contribution in [0.5, 0.6) is 0 Å². The molecule has 0 atom stereocenters. The van der Waals surface area contributed by atoms with Crippen LogP contribution in [0, 0.1) is 0 Å². The van der Waals surface area contributed by atoms with Gasteiger partial charge in [-0.25, -0.2) is 0 Å². The average molecular weight is 248 g/mol. The summed E-state index contributed by atoms with van der Waals surface area (Å²) in [6.07, 6.45) is 0. The van der Waals surface area contributed by atoms with Crippen molar-refractivity contribution in [2.24, 2.45) is 0 Å². The van der Waals surface area contributed by atoms with Crippen LogP contribution in [-0.4, -0.2) is 5.75 Å². The van der Waals surface area contributed by atoms with E-state index in [1.165, 1.54) is 10.5 Å². The number of rotatable bonds is 4. The lowest BCUT2D eigenvalue weighted by atomic mass is 9.87. The predicted molar refractivity (Wildman–Crippen MR) is 81.9 cm³/mol. The molecule has 0 saturated carbocycles. The predicted octanol–water partition coefficient (Wildman–Crippen LogP) is 5.45. The largest absolute Gasteiger partial charge is 0.175 e. The summed E-state index contributed by atoms with van der Waals surface area (Å²) in [7, 11) is -1.02. The van der Waals surface area contributed by atoms with E-state index in [2.05, 4.69) is 75.9 Å². The molecule has 0 spiro atoms. The van der Waals surface area contributed by atoms with Gasteiger partial charge in [-0.15, -0.1) is 0 Å². The van der Waals surface area contributed by atoms with Gasteiger partial charge < -0.3 is 0 Å². The normalized spacial score (nSPS) is 13.2. The van der Waals surface area contributed by atoms with Crippen molar-refractivity contribution in [3.63, 3.8) is 0 Å². The molecule has 1 aromatic carbocycles. The quantitative estimate of drug-likeness (QED) is 0.664. The Labute approximate surface area is 108 Å². The fourth-order valence-corrected chi connectivity index (χ4v) is 3.84. The van der Waals surface area contributed by atoms with E-state index in [9.17, 15) is 0 Å². The van der Waals surface area contributed by atoms with Crippen molar-refractivity contribution in [3.8, 4) is 0 Å². The summed E-state index contributed by atoms with van der Waals surface area (Å²) in [5.41, 5.74) is 1.59. The number of benzene rings is 1. The van der Waals surface area contributed by atoms with Crippen LogP contribution in [-0.2, 0) is 5.41 Å². The standard InChI is InChI=1S/C16H24S/c1-7-17(8-2,9-3)15-12-10-14(11-13-15)16(4,5)6/h7-8,10-13H,1-2,9H2,3-6H3. The molecule has 0 aliphatic carbocycles. The van der Waals surface area contributed by atoms with Crippen LogP contribution in [0.4, 0.5) is 0 Å². The van der Waals surface area contributed by atoms with Crippen LogP contribution in [0.15, 0.2) is 53.1 Å². The van der Waals surface area contributed by atoms with Gasteiger partial charge in [0.15, 0.2) is 0 Å². The average Bonchev–Trinajstić information content (AvgIpc) is 2.32. The maximum Gasteiger partial charge on any atom is -0.00291 e. The van der Waals surface area contributed by atoms with Gasteiger partial charge in [0, 0.05) is 0 Å². The van der Waals surface area contributed by atoms with Crippen molar-refractivity contribution in [1.82, 2.24) is 0 Å². The second kappa shape index (κ2) is 5.14. The third-order valence-corrected chi connectivity index (χ3v) is 6.53. The van der Waals surface area contributed by atoms with Crippen LogP contribution in [0.3, 0.4) is 0 Å². The maximum atomic E-state index is 3.99. The Balaban J connectivity index is 3.18. The van der Waals surface area contributed by atoms with Gasteiger partial charge in [0.2, 0.25) is 0 Å². The molecule has 0 heterocycles. The van der Waals surface area contributed by atoms with Crippen molar-refractivity contribution in [1.29, 1.82) is 0 Å². The van der Waals surface area contributed by atoms with Crippen molar-refractivity contribution in [2.45, 2.75) is 38.0 Å². The van der Waals surface area contributed by atoms with E-state index < -0.39 is 10.0 Å². The molecule has 0 saturated heterocycles. The second-order valence-electron chi connectivity index (χ2n) is 5.25. The van der Waals surface area contributed by atoms with Gasteiger partial charge in [-0.05, 0) is 44.6 Å². The highest BCUT2D eigenvalue weighted by molar-refractivity contribution is 8.38. The Bertz CT molecular complexity index is 385. The molecule has 1 rings (SSSR count). The zero-order valence-corrected chi connectivity index (χ0v) is 12.3. The molecule has 0 aliphatic heterocycles. The molecule has 1 aromatic rings. The smallest absolute Gasteiger partial charge is 0.00291 e. The molecule has 0 nitrogen and oxygen atoms in total. The van der Waals surface area contributed by atoms with E-state index >= 15 is 0 Å². The summed E-state index contributed by atoms with van der Waals surface area (Å²) in [5, 5.41) is 4.15. The molecule has 0 aliphatic rings. The summed E-state index contributed by atoms with van der Waals surface area (Å²) in [6, 6.07) is 8.95. The summed E-state index contributed by atoms with van der Waals surface area (Å²) in [6.45, 7) is 16.9. The summed E-state index contributed by atoms with van der Waals surface area (Å²) in [5.74, 6) is 1.08. The lowest BCUT2D eigenvalue weighted by Crippen LogP contribution is -2.10. The van der Waals surface area contributed by atoms with E-state index in [1.54, 1.807) is 0 Å². The monoisotopic (exact) mass is 248 g/mol. The number of hydrogen-bond donors (Lipinski definition) is 0. The Morgan fingerprint density at radius 1 is 1.06 bits per heavy atom. The molecule has 0 N–H and O–H groups in total. The van der Waals surface area contributed by atoms with Crippen LogP contribution in [0.2, 0.25) is 0 Å². The molecule has 0 radical (unpaired) electrons. The first-order valence-electron chi connectivity index (χ1n) is 6.06. The molecule has 0 unspecified atom stereocenters. The Morgan fingerprint density at radius 3 is 1.82 bits per heavy atom. The lowest BCUT2D eigenvalue weighted by Gasteiger charge is -2.32. The molecular weight excluding hydrogens is 224 g/mol. The molecule has 17 heavy (non-hydrogen) atoms. The molecule has 1 heteroatoms. The maximum absolute atomic E-state index is 3.99. The number of hydrogen-bond acceptors (Lipinski definition) is 0. The van der Waals surface area contributed by atoms with E-state index in [0.29, 0.717) is 0 Å². The van der Waals surface area contributed by atoms with E-state index in [4.69, 9.17) is 0 Å². The molecule has 94 valence electrons. The van der Waals surface area contributed by atoms with Gasteiger partial charge in [0.1, 0.15) is 0 Å². The van der Waals surface area contributed by atoms with E-state index in [1.807, 2.05) is 0 Å². The first-order chi connectivity index (χ1) is 7.89. The highest BCUT2D eigenvalue weighted by atomic mass is 32.3. The van der Waals surface area contributed by atoms with Crippen LogP contribution in [0.25, 0.3) is 0 Å². The third kappa shape index (κ3) is 2.84. The first-order valence-corrected chi connectivity index (χ1v) is 7.99. The van der Waals surface area contributed by atoms with Gasteiger partial charge in [-0.3, -0.25) is 0 Å². The molecule has 0 fully saturated rings. The minimum Gasteiger partial charge on any atom is -0.175 e. The first kappa shape index (κ1) is 14.1. The Kier molecular flexibility index (Phi) is 4.26.